The van der Waals surface area contributed by atoms with Crippen molar-refractivity contribution >= 4 is 10.8 Å². The number of benzene rings is 2. The molecule has 0 N–H and O–H groups in total. The molecule has 0 saturated heterocycles. The van der Waals surface area contributed by atoms with Crippen molar-refractivity contribution in [2.45, 2.75) is 77.7 Å². The van der Waals surface area contributed by atoms with Crippen molar-refractivity contribution in [2.75, 3.05) is 0 Å². The molecule has 2 aromatic carbocycles. The van der Waals surface area contributed by atoms with E-state index in [0.29, 0.717) is 11.7 Å². The van der Waals surface area contributed by atoms with E-state index in [1.165, 1.54) is 44.1 Å². The molecule has 1 fully saturated rings. The van der Waals surface area contributed by atoms with Gasteiger partial charge in [0, 0.05) is 5.39 Å². The van der Waals surface area contributed by atoms with Crippen molar-refractivity contribution in [1.29, 1.82) is 0 Å². The molecule has 0 atom stereocenters. The Balaban J connectivity index is 1.86. The van der Waals surface area contributed by atoms with Crippen LogP contribution < -0.4 is 4.74 Å². The van der Waals surface area contributed by atoms with Gasteiger partial charge in [-0.2, -0.15) is 8.78 Å². The normalized spacial score (nSPS) is 20.7. The van der Waals surface area contributed by atoms with Crippen LogP contribution in [0.3, 0.4) is 0 Å². The van der Waals surface area contributed by atoms with Gasteiger partial charge in [0.05, 0.1) is 0 Å². The number of aryl methyl sites for hydroxylation is 1. The van der Waals surface area contributed by atoms with Crippen molar-refractivity contribution in [1.82, 2.24) is 0 Å². The highest BCUT2D eigenvalue weighted by molar-refractivity contribution is 5.90. The predicted octanol–water partition coefficient (Wildman–Crippen LogP) is 7.47. The van der Waals surface area contributed by atoms with Crippen LogP contribution >= 0.6 is 0 Å². The lowest BCUT2D eigenvalue weighted by Gasteiger charge is -2.29. The number of ether oxygens (including phenoxy) is 1. The monoisotopic (exact) mass is 360 g/mol. The van der Waals surface area contributed by atoms with Gasteiger partial charge in [-0.1, -0.05) is 63.4 Å². The minimum absolute atomic E-state index is 0.359. The number of rotatable bonds is 7. The first-order valence-corrected chi connectivity index (χ1v) is 10.1. The minimum Gasteiger partial charge on any atom is -0.434 e. The van der Waals surface area contributed by atoms with Gasteiger partial charge in [0.15, 0.2) is 0 Å². The lowest BCUT2D eigenvalue weighted by atomic mass is 9.77. The van der Waals surface area contributed by atoms with Gasteiger partial charge in [0.25, 0.3) is 0 Å². The number of halogens is 2. The van der Waals surface area contributed by atoms with Gasteiger partial charge in [0.1, 0.15) is 5.75 Å². The maximum Gasteiger partial charge on any atom is 0.387 e. The fourth-order valence-corrected chi connectivity index (χ4v) is 4.51. The van der Waals surface area contributed by atoms with Crippen LogP contribution in [0.5, 0.6) is 5.75 Å². The molecule has 0 spiro atoms. The van der Waals surface area contributed by atoms with Gasteiger partial charge in [-0.15, -0.1) is 0 Å². The lowest BCUT2D eigenvalue weighted by molar-refractivity contribution is -0.0493. The SMILES string of the molecule is CCCc1ccc2cc(C3CCC(CCC)CC3)ccc2c1OC(F)F. The van der Waals surface area contributed by atoms with E-state index in [1.54, 1.807) is 0 Å². The Morgan fingerprint density at radius 1 is 1.00 bits per heavy atom. The Hall–Kier alpha value is -1.64. The second kappa shape index (κ2) is 8.83. The van der Waals surface area contributed by atoms with Crippen LogP contribution in [0.2, 0.25) is 0 Å². The second-order valence-electron chi connectivity index (χ2n) is 7.67. The highest BCUT2D eigenvalue weighted by Crippen LogP contribution is 2.40. The number of alkyl halides is 2. The van der Waals surface area contributed by atoms with E-state index in [0.717, 1.165) is 35.1 Å². The maximum absolute atomic E-state index is 12.9. The molecule has 0 bridgehead atoms. The predicted molar refractivity (Wildman–Crippen MR) is 104 cm³/mol. The summed E-state index contributed by atoms with van der Waals surface area (Å²) in [6, 6.07) is 10.3. The summed E-state index contributed by atoms with van der Waals surface area (Å²) in [6.45, 7) is 1.53. The first kappa shape index (κ1) is 19.1. The summed E-state index contributed by atoms with van der Waals surface area (Å²) in [4.78, 5) is 0. The van der Waals surface area contributed by atoms with Crippen LogP contribution in [0.25, 0.3) is 10.8 Å². The van der Waals surface area contributed by atoms with Gasteiger partial charge in [-0.05, 0) is 60.5 Å². The molecular weight excluding hydrogens is 330 g/mol. The Labute approximate surface area is 155 Å². The Morgan fingerprint density at radius 3 is 2.42 bits per heavy atom. The highest BCUT2D eigenvalue weighted by Gasteiger charge is 2.22. The zero-order valence-electron chi connectivity index (χ0n) is 15.9. The summed E-state index contributed by atoms with van der Waals surface area (Å²) in [5, 5.41) is 1.81. The van der Waals surface area contributed by atoms with Crippen molar-refractivity contribution in [3.05, 3.63) is 41.5 Å². The fraction of sp³-hybridized carbons (Fsp3) is 0.565. The molecule has 3 heteroatoms. The molecule has 1 nitrogen and oxygen atoms in total. The van der Waals surface area contributed by atoms with Crippen molar-refractivity contribution in [3.63, 3.8) is 0 Å². The van der Waals surface area contributed by atoms with E-state index in [2.05, 4.69) is 25.1 Å². The number of fused-ring (bicyclic) bond motifs is 1. The zero-order valence-corrected chi connectivity index (χ0v) is 15.9. The first-order valence-electron chi connectivity index (χ1n) is 10.1. The summed E-state index contributed by atoms with van der Waals surface area (Å²) in [7, 11) is 0. The third-order valence-corrected chi connectivity index (χ3v) is 5.82. The third-order valence-electron chi connectivity index (χ3n) is 5.82. The fourth-order valence-electron chi connectivity index (χ4n) is 4.51. The molecule has 142 valence electrons. The molecule has 0 heterocycles. The van der Waals surface area contributed by atoms with E-state index in [-0.39, 0.29) is 0 Å². The largest absolute Gasteiger partial charge is 0.434 e. The van der Waals surface area contributed by atoms with E-state index >= 15 is 0 Å². The van der Waals surface area contributed by atoms with Gasteiger partial charge in [-0.25, -0.2) is 0 Å². The molecule has 0 radical (unpaired) electrons. The Kier molecular flexibility index (Phi) is 6.50. The quantitative estimate of drug-likeness (QED) is 0.497. The van der Waals surface area contributed by atoms with Crippen molar-refractivity contribution < 1.29 is 13.5 Å². The molecule has 0 aromatic heterocycles. The van der Waals surface area contributed by atoms with Crippen LogP contribution in [0.15, 0.2) is 30.3 Å². The smallest absolute Gasteiger partial charge is 0.387 e. The maximum atomic E-state index is 12.9. The molecule has 1 aliphatic carbocycles. The van der Waals surface area contributed by atoms with Crippen LogP contribution in [0.1, 0.15) is 75.8 Å². The average molecular weight is 360 g/mol. The molecular formula is C23H30F2O. The van der Waals surface area contributed by atoms with E-state index in [1.807, 2.05) is 19.1 Å². The van der Waals surface area contributed by atoms with Gasteiger partial charge < -0.3 is 4.74 Å². The molecule has 2 aromatic rings. The molecule has 0 aliphatic heterocycles. The molecule has 1 aliphatic rings. The summed E-state index contributed by atoms with van der Waals surface area (Å²) < 4.78 is 30.7. The number of hydrogen-bond acceptors (Lipinski definition) is 1. The summed E-state index contributed by atoms with van der Waals surface area (Å²) in [5.74, 6) is 1.85. The van der Waals surface area contributed by atoms with Crippen molar-refractivity contribution in [3.8, 4) is 5.75 Å². The summed E-state index contributed by atoms with van der Waals surface area (Å²) >= 11 is 0. The first-order chi connectivity index (χ1) is 12.6. The summed E-state index contributed by atoms with van der Waals surface area (Å²) in [6.07, 6.45) is 9.38. The molecule has 0 unspecified atom stereocenters. The Bertz CT molecular complexity index is 717. The standard InChI is InChI=1S/C23H30F2O/c1-3-5-16-7-9-17(10-8-16)19-13-14-21-20(15-19)12-11-18(6-4-2)22(21)26-23(24)25/h11-17,23H,3-10H2,1-2H3. The van der Waals surface area contributed by atoms with Crippen LogP contribution in [-0.2, 0) is 6.42 Å². The average Bonchev–Trinajstić information content (AvgIpc) is 2.64. The molecule has 0 amide bonds. The van der Waals surface area contributed by atoms with Gasteiger partial charge in [0.2, 0.25) is 0 Å². The van der Waals surface area contributed by atoms with E-state index < -0.39 is 6.61 Å². The topological polar surface area (TPSA) is 9.23 Å². The summed E-state index contributed by atoms with van der Waals surface area (Å²) in [5.41, 5.74) is 2.21. The van der Waals surface area contributed by atoms with Crippen LogP contribution in [-0.4, -0.2) is 6.61 Å². The Morgan fingerprint density at radius 2 is 1.77 bits per heavy atom. The van der Waals surface area contributed by atoms with Crippen LogP contribution in [0, 0.1) is 5.92 Å². The number of hydrogen-bond donors (Lipinski definition) is 0. The van der Waals surface area contributed by atoms with Gasteiger partial charge in [-0.3, -0.25) is 0 Å². The third kappa shape index (κ3) is 4.36. The van der Waals surface area contributed by atoms with E-state index in [4.69, 9.17) is 4.74 Å². The van der Waals surface area contributed by atoms with Gasteiger partial charge >= 0.3 is 6.61 Å². The molecule has 26 heavy (non-hydrogen) atoms. The lowest BCUT2D eigenvalue weighted by Crippen LogP contribution is -2.13. The minimum atomic E-state index is -2.79. The zero-order chi connectivity index (χ0) is 18.5. The second-order valence-corrected chi connectivity index (χ2v) is 7.67. The van der Waals surface area contributed by atoms with Crippen LogP contribution in [0.4, 0.5) is 8.78 Å². The van der Waals surface area contributed by atoms with Crippen molar-refractivity contribution in [2.24, 2.45) is 5.92 Å². The van der Waals surface area contributed by atoms with E-state index in [9.17, 15) is 8.78 Å². The molecule has 1 saturated carbocycles. The molecule has 3 rings (SSSR count). The highest BCUT2D eigenvalue weighted by atomic mass is 19.3.